The fourth-order valence-corrected chi connectivity index (χ4v) is 4.34. The second kappa shape index (κ2) is 10.3. The maximum atomic E-state index is 13.2. The zero-order chi connectivity index (χ0) is 25.1. The standard InChI is InChI=1S/C26H30N2O7/c1-5-33-18-9-7-16(13-20(18)32-4)23-22(25(30)26(31)28(23)12-6-11-27(2)3)24(29)17-8-10-19-21(14-17)35-15-34-19/h7-10,13-14,23,29H,5-6,11-12,15H2,1-4H3. The number of amides is 1. The van der Waals surface area contributed by atoms with Crippen LogP contribution in [-0.4, -0.2) is 74.3 Å². The van der Waals surface area contributed by atoms with E-state index < -0.39 is 17.7 Å². The van der Waals surface area contributed by atoms with Gasteiger partial charge in [0, 0.05) is 12.1 Å². The number of benzene rings is 2. The maximum Gasteiger partial charge on any atom is 0.295 e. The average Bonchev–Trinajstić information content (AvgIpc) is 3.41. The van der Waals surface area contributed by atoms with Gasteiger partial charge in [-0.3, -0.25) is 9.59 Å². The number of likely N-dealkylation sites (tertiary alicyclic amines) is 1. The Morgan fingerprint density at radius 3 is 2.60 bits per heavy atom. The van der Waals surface area contributed by atoms with Gasteiger partial charge in [-0.05, 0) is 69.9 Å². The van der Waals surface area contributed by atoms with Crippen LogP contribution in [0.1, 0.15) is 30.5 Å². The van der Waals surface area contributed by atoms with E-state index in [1.165, 1.54) is 12.0 Å². The number of ether oxygens (including phenoxy) is 4. The van der Waals surface area contributed by atoms with Crippen molar-refractivity contribution in [3.63, 3.8) is 0 Å². The lowest BCUT2D eigenvalue weighted by Crippen LogP contribution is -2.32. The number of methoxy groups -OCH3 is 1. The van der Waals surface area contributed by atoms with Crippen molar-refractivity contribution in [1.82, 2.24) is 9.80 Å². The molecule has 35 heavy (non-hydrogen) atoms. The van der Waals surface area contributed by atoms with Crippen LogP contribution in [0, 0.1) is 0 Å². The Morgan fingerprint density at radius 1 is 1.11 bits per heavy atom. The van der Waals surface area contributed by atoms with Crippen molar-refractivity contribution in [2.75, 3.05) is 47.7 Å². The minimum absolute atomic E-state index is 0.0185. The number of carbonyl (C=O) groups excluding carboxylic acids is 2. The van der Waals surface area contributed by atoms with Gasteiger partial charge in [0.05, 0.1) is 25.3 Å². The predicted molar refractivity (Wildman–Crippen MR) is 129 cm³/mol. The Morgan fingerprint density at radius 2 is 1.89 bits per heavy atom. The fourth-order valence-electron chi connectivity index (χ4n) is 4.34. The molecule has 0 aromatic heterocycles. The van der Waals surface area contributed by atoms with E-state index >= 15 is 0 Å². The van der Waals surface area contributed by atoms with Crippen LogP contribution in [0.15, 0.2) is 42.0 Å². The molecule has 2 heterocycles. The van der Waals surface area contributed by atoms with E-state index in [1.54, 1.807) is 36.4 Å². The maximum absolute atomic E-state index is 13.2. The van der Waals surface area contributed by atoms with Crippen LogP contribution in [0.5, 0.6) is 23.0 Å². The second-order valence-corrected chi connectivity index (χ2v) is 8.56. The Kier molecular flexibility index (Phi) is 7.16. The van der Waals surface area contributed by atoms with Crippen molar-refractivity contribution in [2.24, 2.45) is 0 Å². The summed E-state index contributed by atoms with van der Waals surface area (Å²) in [5.41, 5.74) is 1.02. The third-order valence-electron chi connectivity index (χ3n) is 5.99. The molecule has 0 bridgehead atoms. The van der Waals surface area contributed by atoms with Gasteiger partial charge in [-0.1, -0.05) is 6.07 Å². The highest BCUT2D eigenvalue weighted by atomic mass is 16.7. The molecule has 0 aliphatic carbocycles. The van der Waals surface area contributed by atoms with Crippen molar-refractivity contribution >= 4 is 17.4 Å². The number of hydrogen-bond acceptors (Lipinski definition) is 8. The summed E-state index contributed by atoms with van der Waals surface area (Å²) in [7, 11) is 5.42. The van der Waals surface area contributed by atoms with Crippen LogP contribution in [0.4, 0.5) is 0 Å². The number of fused-ring (bicyclic) bond motifs is 1. The van der Waals surface area contributed by atoms with Crippen LogP contribution in [0.2, 0.25) is 0 Å². The topological polar surface area (TPSA) is 97.8 Å². The Labute approximate surface area is 204 Å². The third-order valence-corrected chi connectivity index (χ3v) is 5.99. The summed E-state index contributed by atoms with van der Waals surface area (Å²) < 4.78 is 21.9. The summed E-state index contributed by atoms with van der Waals surface area (Å²) in [6.07, 6.45) is 0.661. The molecule has 1 N–H and O–H groups in total. The quantitative estimate of drug-likeness (QED) is 0.331. The zero-order valence-corrected chi connectivity index (χ0v) is 20.4. The van der Waals surface area contributed by atoms with E-state index in [-0.39, 0.29) is 18.1 Å². The highest BCUT2D eigenvalue weighted by Gasteiger charge is 2.46. The SMILES string of the molecule is CCOc1ccc(C2C(=C(O)c3ccc4c(c3)OCO4)C(=O)C(=O)N2CCCN(C)C)cc1OC. The van der Waals surface area contributed by atoms with Crippen LogP contribution < -0.4 is 18.9 Å². The van der Waals surface area contributed by atoms with Gasteiger partial charge in [-0.15, -0.1) is 0 Å². The molecular weight excluding hydrogens is 452 g/mol. The molecule has 2 aliphatic rings. The Balaban J connectivity index is 1.81. The molecule has 2 aliphatic heterocycles. The normalized spacial score (nSPS) is 18.4. The van der Waals surface area contributed by atoms with Crippen molar-refractivity contribution in [1.29, 1.82) is 0 Å². The van der Waals surface area contributed by atoms with Crippen molar-refractivity contribution in [3.05, 3.63) is 53.1 Å². The van der Waals surface area contributed by atoms with Crippen molar-refractivity contribution < 1.29 is 33.6 Å². The average molecular weight is 483 g/mol. The number of carbonyl (C=O) groups is 2. The second-order valence-electron chi connectivity index (χ2n) is 8.56. The van der Waals surface area contributed by atoms with Gasteiger partial charge in [0.25, 0.3) is 11.7 Å². The third kappa shape index (κ3) is 4.77. The van der Waals surface area contributed by atoms with Crippen LogP contribution in [-0.2, 0) is 9.59 Å². The lowest BCUT2D eigenvalue weighted by Gasteiger charge is -2.26. The highest BCUT2D eigenvalue weighted by molar-refractivity contribution is 6.46. The monoisotopic (exact) mass is 482 g/mol. The first-order chi connectivity index (χ1) is 16.8. The lowest BCUT2D eigenvalue weighted by atomic mass is 9.94. The molecule has 2 aromatic carbocycles. The minimum Gasteiger partial charge on any atom is -0.507 e. The summed E-state index contributed by atoms with van der Waals surface area (Å²) in [4.78, 5) is 29.9. The van der Waals surface area contributed by atoms with Crippen molar-refractivity contribution in [2.45, 2.75) is 19.4 Å². The van der Waals surface area contributed by atoms with Gasteiger partial charge in [0.15, 0.2) is 23.0 Å². The van der Waals surface area contributed by atoms with E-state index in [4.69, 9.17) is 18.9 Å². The zero-order valence-electron chi connectivity index (χ0n) is 20.4. The molecular formula is C26H30N2O7. The molecule has 2 aromatic rings. The number of hydrogen-bond donors (Lipinski definition) is 1. The van der Waals surface area contributed by atoms with Gasteiger partial charge in [-0.2, -0.15) is 0 Å². The Bertz CT molecular complexity index is 1160. The molecule has 0 spiro atoms. The first-order valence-electron chi connectivity index (χ1n) is 11.5. The molecule has 4 rings (SSSR count). The molecule has 1 atom stereocenters. The van der Waals surface area contributed by atoms with Gasteiger partial charge in [-0.25, -0.2) is 0 Å². The van der Waals surface area contributed by atoms with Gasteiger partial charge < -0.3 is 33.9 Å². The van der Waals surface area contributed by atoms with Gasteiger partial charge in [0.1, 0.15) is 5.76 Å². The molecule has 186 valence electrons. The largest absolute Gasteiger partial charge is 0.507 e. The molecule has 0 radical (unpaired) electrons. The van der Waals surface area contributed by atoms with E-state index in [2.05, 4.69) is 0 Å². The molecule has 1 fully saturated rings. The highest BCUT2D eigenvalue weighted by Crippen LogP contribution is 2.43. The number of ketones is 1. The van der Waals surface area contributed by atoms with Crippen LogP contribution in [0.25, 0.3) is 5.76 Å². The Hall–Kier alpha value is -3.72. The van der Waals surface area contributed by atoms with Crippen LogP contribution >= 0.6 is 0 Å². The molecule has 0 saturated carbocycles. The van der Waals surface area contributed by atoms with E-state index in [0.29, 0.717) is 53.7 Å². The minimum atomic E-state index is -0.785. The number of rotatable bonds is 9. The summed E-state index contributed by atoms with van der Waals surface area (Å²) in [6.45, 7) is 3.51. The number of nitrogens with zero attached hydrogens (tertiary/aromatic N) is 2. The van der Waals surface area contributed by atoms with E-state index in [9.17, 15) is 14.7 Å². The smallest absolute Gasteiger partial charge is 0.295 e. The van der Waals surface area contributed by atoms with E-state index in [0.717, 1.165) is 6.54 Å². The summed E-state index contributed by atoms with van der Waals surface area (Å²) in [6, 6.07) is 9.40. The molecule has 9 heteroatoms. The van der Waals surface area contributed by atoms with Gasteiger partial charge >= 0.3 is 0 Å². The number of Topliss-reactive ketones (excluding diaryl/α,β-unsaturated/α-hetero) is 1. The molecule has 1 amide bonds. The fraction of sp³-hybridized carbons (Fsp3) is 0.385. The molecule has 1 unspecified atom stereocenters. The van der Waals surface area contributed by atoms with Crippen molar-refractivity contribution in [3.8, 4) is 23.0 Å². The number of aliphatic hydroxyl groups is 1. The molecule has 1 saturated heterocycles. The molecule has 9 nitrogen and oxygen atoms in total. The van der Waals surface area contributed by atoms with Gasteiger partial charge in [0.2, 0.25) is 6.79 Å². The summed E-state index contributed by atoms with van der Waals surface area (Å²) in [5, 5.41) is 11.3. The number of aliphatic hydroxyl groups excluding tert-OH is 1. The summed E-state index contributed by atoms with van der Waals surface area (Å²) >= 11 is 0. The first kappa shape index (κ1) is 24.4. The predicted octanol–water partition coefficient (Wildman–Crippen LogP) is 3.20. The summed E-state index contributed by atoms with van der Waals surface area (Å²) in [5.74, 6) is 0.402. The lowest BCUT2D eigenvalue weighted by molar-refractivity contribution is -0.139. The van der Waals surface area contributed by atoms with Crippen LogP contribution in [0.3, 0.4) is 0 Å². The van der Waals surface area contributed by atoms with E-state index in [1.807, 2.05) is 25.9 Å². The first-order valence-corrected chi connectivity index (χ1v) is 11.5.